The van der Waals surface area contributed by atoms with Crippen molar-refractivity contribution in [2.75, 3.05) is 11.9 Å². The first-order valence-electron chi connectivity index (χ1n) is 8.80. The van der Waals surface area contributed by atoms with Crippen LogP contribution in [-0.2, 0) is 13.5 Å². The molecule has 0 spiro atoms. The van der Waals surface area contributed by atoms with Crippen molar-refractivity contribution >= 4 is 17.7 Å². The molecular weight excluding hydrogens is 376 g/mol. The maximum atomic E-state index is 12.3. The Labute approximate surface area is 165 Å². The van der Waals surface area contributed by atoms with Crippen LogP contribution in [0.1, 0.15) is 22.0 Å². The fraction of sp³-hybridized carbons (Fsp3) is 0.222. The fourth-order valence-corrected chi connectivity index (χ4v) is 2.60. The summed E-state index contributed by atoms with van der Waals surface area (Å²) in [5, 5.41) is 9.91. The molecule has 0 aliphatic heterocycles. The summed E-state index contributed by atoms with van der Waals surface area (Å²) in [4.78, 5) is 29.1. The number of hydrogen-bond donors (Lipinski definition) is 2. The van der Waals surface area contributed by atoms with Gasteiger partial charge in [-0.2, -0.15) is 5.10 Å². The Morgan fingerprint density at radius 1 is 1.24 bits per heavy atom. The molecule has 0 aromatic carbocycles. The van der Waals surface area contributed by atoms with Crippen molar-refractivity contribution in [3.05, 3.63) is 54.5 Å². The summed E-state index contributed by atoms with van der Waals surface area (Å²) in [5.41, 5.74) is 1.80. The molecule has 0 bridgehead atoms. The van der Waals surface area contributed by atoms with E-state index in [0.29, 0.717) is 36.1 Å². The molecule has 0 saturated heterocycles. The Kier molecular flexibility index (Phi) is 5.01. The molecule has 0 saturated carbocycles. The number of carbonyl (C=O) groups excluding carboxylic acids is 1. The van der Waals surface area contributed by atoms with Crippen molar-refractivity contribution in [1.82, 2.24) is 35.0 Å². The van der Waals surface area contributed by atoms with Crippen molar-refractivity contribution in [1.29, 1.82) is 0 Å². The van der Waals surface area contributed by atoms with Crippen LogP contribution in [-0.4, -0.2) is 42.2 Å². The number of rotatable bonds is 7. The largest absolute Gasteiger partial charge is 0.448 e. The van der Waals surface area contributed by atoms with Gasteiger partial charge in [-0.3, -0.25) is 9.48 Å². The Balaban J connectivity index is 1.46. The van der Waals surface area contributed by atoms with Gasteiger partial charge < -0.3 is 19.5 Å². The smallest absolute Gasteiger partial charge is 0.307 e. The monoisotopic (exact) mass is 394 g/mol. The minimum atomic E-state index is -0.421. The standard InChI is InChI=1S/C18H18N8O3/c1-11-7-21-18(24-14-4-6-22-26(14)2)25-15(11)13-9-28-17(23-13)16(27)20-5-3-12-8-19-10-29-12/h4,6-10H,3,5H2,1-2H3,(H,20,27)(H,21,24,25). The number of aryl methyl sites for hydroxylation is 2. The Bertz CT molecular complexity index is 1120. The van der Waals surface area contributed by atoms with E-state index in [1.165, 1.54) is 12.7 Å². The van der Waals surface area contributed by atoms with Crippen molar-refractivity contribution in [2.45, 2.75) is 13.3 Å². The molecule has 0 radical (unpaired) electrons. The van der Waals surface area contributed by atoms with Crippen LogP contribution < -0.4 is 10.6 Å². The molecule has 1 amide bonds. The molecule has 148 valence electrons. The number of anilines is 2. The SMILES string of the molecule is Cc1cnc(Nc2ccnn2C)nc1-c1coc(C(=O)NCCc2cnco2)n1. The maximum absolute atomic E-state index is 12.3. The van der Waals surface area contributed by atoms with Gasteiger partial charge in [0.05, 0.1) is 12.4 Å². The summed E-state index contributed by atoms with van der Waals surface area (Å²) in [5.74, 6) is 1.35. The van der Waals surface area contributed by atoms with Gasteiger partial charge in [0.15, 0.2) is 6.39 Å². The molecule has 0 fully saturated rings. The van der Waals surface area contributed by atoms with E-state index in [2.05, 4.69) is 35.7 Å². The second-order valence-electron chi connectivity index (χ2n) is 6.20. The van der Waals surface area contributed by atoms with Gasteiger partial charge in [0.1, 0.15) is 29.2 Å². The quantitative estimate of drug-likeness (QED) is 0.481. The van der Waals surface area contributed by atoms with Gasteiger partial charge in [-0.25, -0.2) is 19.9 Å². The number of hydrogen-bond acceptors (Lipinski definition) is 9. The van der Waals surface area contributed by atoms with Gasteiger partial charge in [-0.15, -0.1) is 0 Å². The second kappa shape index (κ2) is 7.92. The highest BCUT2D eigenvalue weighted by molar-refractivity contribution is 5.90. The van der Waals surface area contributed by atoms with E-state index in [1.54, 1.807) is 29.3 Å². The molecule has 4 rings (SSSR count). The zero-order valence-corrected chi connectivity index (χ0v) is 15.8. The van der Waals surface area contributed by atoms with Crippen molar-refractivity contribution in [2.24, 2.45) is 7.05 Å². The number of carbonyl (C=O) groups is 1. The maximum Gasteiger partial charge on any atom is 0.307 e. The van der Waals surface area contributed by atoms with Crippen LogP contribution >= 0.6 is 0 Å². The highest BCUT2D eigenvalue weighted by Crippen LogP contribution is 2.22. The van der Waals surface area contributed by atoms with Crippen LogP contribution in [0.5, 0.6) is 0 Å². The average Bonchev–Trinajstić information content (AvgIpc) is 3.46. The first-order chi connectivity index (χ1) is 14.1. The van der Waals surface area contributed by atoms with Gasteiger partial charge in [-0.1, -0.05) is 0 Å². The van der Waals surface area contributed by atoms with E-state index >= 15 is 0 Å². The van der Waals surface area contributed by atoms with Crippen LogP contribution in [0.4, 0.5) is 11.8 Å². The summed E-state index contributed by atoms with van der Waals surface area (Å²) in [6.45, 7) is 2.23. The van der Waals surface area contributed by atoms with E-state index in [1.807, 2.05) is 14.0 Å². The lowest BCUT2D eigenvalue weighted by Gasteiger charge is -2.07. The molecule has 0 aliphatic rings. The lowest BCUT2D eigenvalue weighted by molar-refractivity contribution is 0.0919. The molecule has 11 nitrogen and oxygen atoms in total. The Morgan fingerprint density at radius 2 is 2.14 bits per heavy atom. The van der Waals surface area contributed by atoms with Gasteiger partial charge in [0, 0.05) is 32.3 Å². The second-order valence-corrected chi connectivity index (χ2v) is 6.20. The first kappa shape index (κ1) is 18.3. The molecule has 0 atom stereocenters. The third kappa shape index (κ3) is 4.13. The summed E-state index contributed by atoms with van der Waals surface area (Å²) >= 11 is 0. The molecule has 2 N–H and O–H groups in total. The van der Waals surface area contributed by atoms with E-state index in [9.17, 15) is 4.79 Å². The highest BCUT2D eigenvalue weighted by Gasteiger charge is 2.17. The van der Waals surface area contributed by atoms with E-state index in [-0.39, 0.29) is 5.89 Å². The van der Waals surface area contributed by atoms with Crippen LogP contribution in [0, 0.1) is 6.92 Å². The summed E-state index contributed by atoms with van der Waals surface area (Å²) in [6, 6.07) is 1.81. The van der Waals surface area contributed by atoms with Crippen LogP contribution in [0.15, 0.2) is 46.1 Å². The number of nitrogens with zero attached hydrogens (tertiary/aromatic N) is 6. The molecule has 11 heteroatoms. The molecule has 4 aromatic heterocycles. The number of nitrogens with one attached hydrogen (secondary N) is 2. The third-order valence-corrected chi connectivity index (χ3v) is 4.11. The van der Waals surface area contributed by atoms with Crippen molar-refractivity contribution < 1.29 is 13.6 Å². The minimum Gasteiger partial charge on any atom is -0.448 e. The van der Waals surface area contributed by atoms with E-state index in [0.717, 1.165) is 11.4 Å². The molecule has 4 heterocycles. The Hall–Kier alpha value is -4.02. The predicted molar refractivity (Wildman–Crippen MR) is 101 cm³/mol. The normalized spacial score (nSPS) is 10.8. The topological polar surface area (TPSA) is 137 Å². The van der Waals surface area contributed by atoms with E-state index in [4.69, 9.17) is 8.83 Å². The third-order valence-electron chi connectivity index (χ3n) is 4.11. The minimum absolute atomic E-state index is 0.0447. The number of aromatic nitrogens is 6. The Morgan fingerprint density at radius 3 is 2.90 bits per heavy atom. The number of amides is 1. The van der Waals surface area contributed by atoms with Crippen LogP contribution in [0.2, 0.25) is 0 Å². The van der Waals surface area contributed by atoms with Gasteiger partial charge in [0.25, 0.3) is 5.89 Å². The zero-order chi connectivity index (χ0) is 20.2. The number of oxazole rings is 2. The average molecular weight is 394 g/mol. The fourth-order valence-electron chi connectivity index (χ4n) is 2.60. The van der Waals surface area contributed by atoms with Crippen LogP contribution in [0.3, 0.4) is 0 Å². The van der Waals surface area contributed by atoms with Crippen molar-refractivity contribution in [3.8, 4) is 11.4 Å². The zero-order valence-electron chi connectivity index (χ0n) is 15.8. The van der Waals surface area contributed by atoms with Crippen LogP contribution in [0.25, 0.3) is 11.4 Å². The van der Waals surface area contributed by atoms with Gasteiger partial charge in [-0.05, 0) is 12.5 Å². The lowest BCUT2D eigenvalue weighted by Crippen LogP contribution is -2.25. The van der Waals surface area contributed by atoms with Gasteiger partial charge >= 0.3 is 5.91 Å². The summed E-state index contributed by atoms with van der Waals surface area (Å²) in [6.07, 6.45) is 8.21. The molecule has 4 aromatic rings. The molecular formula is C18H18N8O3. The van der Waals surface area contributed by atoms with Gasteiger partial charge in [0.2, 0.25) is 5.95 Å². The molecule has 0 aliphatic carbocycles. The van der Waals surface area contributed by atoms with Crippen molar-refractivity contribution in [3.63, 3.8) is 0 Å². The summed E-state index contributed by atoms with van der Waals surface area (Å²) < 4.78 is 12.1. The first-order valence-corrected chi connectivity index (χ1v) is 8.80. The van der Waals surface area contributed by atoms with E-state index < -0.39 is 5.91 Å². The predicted octanol–water partition coefficient (Wildman–Crippen LogP) is 1.88. The molecule has 0 unspecified atom stereocenters. The molecule has 29 heavy (non-hydrogen) atoms. The lowest BCUT2D eigenvalue weighted by atomic mass is 10.2. The summed E-state index contributed by atoms with van der Waals surface area (Å²) in [7, 11) is 1.81. The highest BCUT2D eigenvalue weighted by atomic mass is 16.4.